The molecule has 0 bridgehead atoms. The Morgan fingerprint density at radius 2 is 2.44 bits per heavy atom. The van der Waals surface area contributed by atoms with Gasteiger partial charge >= 0.3 is 0 Å². The highest BCUT2D eigenvalue weighted by molar-refractivity contribution is 14.1. The van der Waals surface area contributed by atoms with Crippen LogP contribution in [-0.4, -0.2) is 31.8 Å². The van der Waals surface area contributed by atoms with Gasteiger partial charge in [-0.3, -0.25) is 0 Å². The second-order valence-corrected chi connectivity index (χ2v) is 6.73. The molecule has 0 radical (unpaired) electrons. The Morgan fingerprint density at radius 3 is 3.11 bits per heavy atom. The van der Waals surface area contributed by atoms with Crippen LogP contribution < -0.4 is 10.6 Å². The molecule has 2 rings (SSSR count). The minimum atomic E-state index is 0.417. The number of ether oxygens (including phenoxy) is 1. The van der Waals surface area contributed by atoms with E-state index in [1.165, 1.54) is 3.57 Å². The minimum absolute atomic E-state index is 0.417. The normalized spacial score (nSPS) is 21.6. The molecule has 2 N–H and O–H groups in total. The van der Waals surface area contributed by atoms with Crippen LogP contribution in [0.25, 0.3) is 0 Å². The van der Waals surface area contributed by atoms with E-state index < -0.39 is 0 Å². The van der Waals surface area contributed by atoms with E-state index >= 15 is 0 Å². The summed E-state index contributed by atoms with van der Waals surface area (Å²) in [6.45, 7) is 4.83. The van der Waals surface area contributed by atoms with E-state index in [1.807, 2.05) is 0 Å². The van der Waals surface area contributed by atoms with Crippen LogP contribution in [0, 0.1) is 3.57 Å². The molecule has 100 valence electrons. The fourth-order valence-corrected chi connectivity index (χ4v) is 3.54. The number of hydrogen-bond acceptors (Lipinski definition) is 3. The summed E-state index contributed by atoms with van der Waals surface area (Å²) in [6.07, 6.45) is 1.07. The van der Waals surface area contributed by atoms with Crippen LogP contribution in [-0.2, 0) is 4.74 Å². The monoisotopic (exact) mass is 424 g/mol. The largest absolute Gasteiger partial charge is 0.382 e. The number of hydrogen-bond donors (Lipinski definition) is 2. The molecule has 3 nitrogen and oxygen atoms in total. The lowest BCUT2D eigenvalue weighted by Gasteiger charge is -2.27. The van der Waals surface area contributed by atoms with Crippen molar-refractivity contribution in [1.82, 2.24) is 5.32 Å². The highest BCUT2D eigenvalue weighted by atomic mass is 127. The van der Waals surface area contributed by atoms with E-state index in [9.17, 15) is 0 Å². The lowest BCUT2D eigenvalue weighted by molar-refractivity contribution is 0.0731. The second-order valence-electron chi connectivity index (χ2n) is 4.63. The van der Waals surface area contributed by atoms with Crippen LogP contribution >= 0.6 is 38.5 Å². The van der Waals surface area contributed by atoms with Gasteiger partial charge in [0, 0.05) is 32.4 Å². The van der Waals surface area contributed by atoms with Crippen molar-refractivity contribution in [3.8, 4) is 0 Å². The van der Waals surface area contributed by atoms with Gasteiger partial charge in [-0.05, 0) is 70.1 Å². The van der Waals surface area contributed by atoms with Crippen molar-refractivity contribution in [3.63, 3.8) is 0 Å². The molecule has 0 aliphatic carbocycles. The first-order chi connectivity index (χ1) is 8.65. The number of morpholine rings is 1. The smallest absolute Gasteiger partial charge is 0.0621 e. The highest BCUT2D eigenvalue weighted by Crippen LogP contribution is 2.25. The van der Waals surface area contributed by atoms with Gasteiger partial charge in [0.15, 0.2) is 0 Å². The van der Waals surface area contributed by atoms with Crippen molar-refractivity contribution in [1.29, 1.82) is 0 Å². The van der Waals surface area contributed by atoms with E-state index in [4.69, 9.17) is 4.74 Å². The zero-order chi connectivity index (χ0) is 13.0. The molecular weight excluding hydrogens is 407 g/mol. The summed E-state index contributed by atoms with van der Waals surface area (Å²) in [4.78, 5) is 0. The van der Waals surface area contributed by atoms with Crippen LogP contribution in [0.5, 0.6) is 0 Å². The molecule has 1 fully saturated rings. The Morgan fingerprint density at radius 1 is 1.61 bits per heavy atom. The van der Waals surface area contributed by atoms with Crippen LogP contribution in [0.3, 0.4) is 0 Å². The van der Waals surface area contributed by atoms with Crippen LogP contribution in [0.1, 0.15) is 13.3 Å². The summed E-state index contributed by atoms with van der Waals surface area (Å²) in [5.74, 6) is 0. The van der Waals surface area contributed by atoms with Gasteiger partial charge in [0.2, 0.25) is 0 Å². The van der Waals surface area contributed by atoms with Gasteiger partial charge in [0.25, 0.3) is 0 Å². The predicted molar refractivity (Wildman–Crippen MR) is 87.2 cm³/mol. The van der Waals surface area contributed by atoms with Crippen molar-refractivity contribution < 1.29 is 4.74 Å². The van der Waals surface area contributed by atoms with E-state index in [0.29, 0.717) is 12.1 Å². The first-order valence-electron chi connectivity index (χ1n) is 6.18. The Bertz CT molecular complexity index is 397. The second kappa shape index (κ2) is 7.07. The zero-order valence-electron chi connectivity index (χ0n) is 10.4. The summed E-state index contributed by atoms with van der Waals surface area (Å²) in [5.41, 5.74) is 1.15. The third-order valence-electron chi connectivity index (χ3n) is 2.97. The zero-order valence-corrected chi connectivity index (χ0v) is 14.1. The van der Waals surface area contributed by atoms with Crippen molar-refractivity contribution >= 4 is 44.2 Å². The standard InChI is InChI=1S/C13H18BrIN2O/c1-9(6-11-8-18-5-4-16-11)17-13-3-2-10(15)7-12(13)14/h2-3,7,9,11,16-17H,4-6,8H2,1H3. The van der Waals surface area contributed by atoms with E-state index in [1.54, 1.807) is 0 Å². The van der Waals surface area contributed by atoms with Gasteiger partial charge in [0.1, 0.15) is 0 Å². The molecule has 0 saturated carbocycles. The molecule has 1 aromatic rings. The maximum Gasteiger partial charge on any atom is 0.0621 e. The van der Waals surface area contributed by atoms with Gasteiger partial charge in [-0.1, -0.05) is 0 Å². The van der Waals surface area contributed by atoms with Gasteiger partial charge in [-0.25, -0.2) is 0 Å². The Kier molecular flexibility index (Phi) is 5.72. The molecule has 1 aromatic carbocycles. The molecular formula is C13H18BrIN2O. The Balaban J connectivity index is 1.87. The van der Waals surface area contributed by atoms with E-state index in [0.717, 1.165) is 36.3 Å². The SMILES string of the molecule is CC(CC1COCCN1)Nc1ccc(I)cc1Br. The Hall–Kier alpha value is 0.150. The van der Waals surface area contributed by atoms with Crippen molar-refractivity contribution in [2.45, 2.75) is 25.4 Å². The predicted octanol–water partition coefficient (Wildman–Crippen LogP) is 3.23. The molecule has 1 aliphatic heterocycles. The van der Waals surface area contributed by atoms with Crippen LogP contribution in [0.2, 0.25) is 0 Å². The molecule has 18 heavy (non-hydrogen) atoms. The summed E-state index contributed by atoms with van der Waals surface area (Å²) in [5, 5.41) is 7.02. The van der Waals surface area contributed by atoms with Gasteiger partial charge in [0.05, 0.1) is 13.2 Å². The number of nitrogens with one attached hydrogen (secondary N) is 2. The quantitative estimate of drug-likeness (QED) is 0.728. The summed E-state index contributed by atoms with van der Waals surface area (Å²) >= 11 is 5.91. The topological polar surface area (TPSA) is 33.3 Å². The maximum atomic E-state index is 5.47. The van der Waals surface area contributed by atoms with Gasteiger partial charge < -0.3 is 15.4 Å². The average molecular weight is 425 g/mol. The molecule has 1 heterocycles. The lowest BCUT2D eigenvalue weighted by Crippen LogP contribution is -2.43. The van der Waals surface area contributed by atoms with Crippen LogP contribution in [0.15, 0.2) is 22.7 Å². The number of halogens is 2. The number of anilines is 1. The summed E-state index contributed by atoms with van der Waals surface area (Å²) in [7, 11) is 0. The average Bonchev–Trinajstić information content (AvgIpc) is 2.34. The first-order valence-corrected chi connectivity index (χ1v) is 8.05. The fourth-order valence-electron chi connectivity index (χ4n) is 2.13. The van der Waals surface area contributed by atoms with Crippen molar-refractivity contribution in [2.75, 3.05) is 25.1 Å². The molecule has 1 aliphatic rings. The Labute approximate surface area is 130 Å². The molecule has 1 saturated heterocycles. The molecule has 2 unspecified atom stereocenters. The van der Waals surface area contributed by atoms with Gasteiger partial charge in [-0.2, -0.15) is 0 Å². The lowest BCUT2D eigenvalue weighted by atomic mass is 10.1. The fraction of sp³-hybridized carbons (Fsp3) is 0.538. The van der Waals surface area contributed by atoms with E-state index in [-0.39, 0.29) is 0 Å². The van der Waals surface area contributed by atoms with Crippen molar-refractivity contribution in [2.24, 2.45) is 0 Å². The molecule has 5 heteroatoms. The molecule has 0 aromatic heterocycles. The summed E-state index contributed by atoms with van der Waals surface area (Å²) in [6, 6.07) is 7.23. The molecule has 0 amide bonds. The minimum Gasteiger partial charge on any atom is -0.382 e. The number of rotatable bonds is 4. The maximum absolute atomic E-state index is 5.47. The molecule has 0 spiro atoms. The van der Waals surface area contributed by atoms with E-state index in [2.05, 4.69) is 74.3 Å². The van der Waals surface area contributed by atoms with Crippen molar-refractivity contribution in [3.05, 3.63) is 26.2 Å². The highest BCUT2D eigenvalue weighted by Gasteiger charge is 2.16. The van der Waals surface area contributed by atoms with Crippen LogP contribution in [0.4, 0.5) is 5.69 Å². The first kappa shape index (κ1) is 14.6. The summed E-state index contributed by atoms with van der Waals surface area (Å²) < 4.78 is 7.83. The third kappa shape index (κ3) is 4.36. The number of benzene rings is 1. The molecule has 2 atom stereocenters. The van der Waals surface area contributed by atoms with Gasteiger partial charge in [-0.15, -0.1) is 0 Å². The third-order valence-corrected chi connectivity index (χ3v) is 4.30.